The van der Waals surface area contributed by atoms with Gasteiger partial charge in [-0.3, -0.25) is 9.88 Å². The minimum Gasteiger partial charge on any atom is -0.457 e. The van der Waals surface area contributed by atoms with Crippen LogP contribution in [0, 0.1) is 0 Å². The Morgan fingerprint density at radius 3 is 2.52 bits per heavy atom. The molecule has 0 unspecified atom stereocenters. The van der Waals surface area contributed by atoms with E-state index >= 15 is 0 Å². The molecule has 170 valence electrons. The Morgan fingerprint density at radius 1 is 1.06 bits per heavy atom. The van der Waals surface area contributed by atoms with Gasteiger partial charge in [0, 0.05) is 18.7 Å². The van der Waals surface area contributed by atoms with Gasteiger partial charge in [0.25, 0.3) is 0 Å². The van der Waals surface area contributed by atoms with Crippen LogP contribution < -0.4 is 11.1 Å². The summed E-state index contributed by atoms with van der Waals surface area (Å²) in [5.74, 6) is 2.05. The van der Waals surface area contributed by atoms with Gasteiger partial charge in [-0.25, -0.2) is 18.4 Å². The molecule has 0 bridgehead atoms. The Morgan fingerprint density at radius 2 is 1.79 bits per heavy atom. The summed E-state index contributed by atoms with van der Waals surface area (Å²) in [6.45, 7) is 4.50. The zero-order valence-electron chi connectivity index (χ0n) is 18.3. The lowest BCUT2D eigenvalue weighted by Gasteiger charge is -2.21. The fraction of sp³-hybridized carbons (Fsp3) is 0.217. The van der Waals surface area contributed by atoms with Crippen molar-refractivity contribution in [2.45, 2.75) is 24.9 Å². The average molecular weight is 465 g/mol. The van der Waals surface area contributed by atoms with Crippen LogP contribution in [-0.2, 0) is 10.0 Å². The Labute approximate surface area is 191 Å². The monoisotopic (exact) mass is 464 g/mol. The molecular weight excluding hydrogens is 440 g/mol. The van der Waals surface area contributed by atoms with E-state index in [1.165, 1.54) is 4.31 Å². The molecule has 2 aromatic carbocycles. The van der Waals surface area contributed by atoms with Crippen molar-refractivity contribution >= 4 is 33.0 Å². The van der Waals surface area contributed by atoms with Gasteiger partial charge in [0.1, 0.15) is 11.5 Å². The van der Waals surface area contributed by atoms with Crippen molar-refractivity contribution < 1.29 is 12.8 Å². The van der Waals surface area contributed by atoms with Crippen molar-refractivity contribution in [3.8, 4) is 11.3 Å². The highest BCUT2D eigenvalue weighted by Crippen LogP contribution is 2.35. The molecule has 0 fully saturated rings. The molecule has 0 radical (unpaired) electrons. The number of imidazole rings is 1. The fourth-order valence-electron chi connectivity index (χ4n) is 4.06. The van der Waals surface area contributed by atoms with E-state index in [1.807, 2.05) is 54.8 Å². The molecule has 0 saturated heterocycles. The molecule has 0 saturated carbocycles. The smallest absolute Gasteiger partial charge is 0.243 e. The van der Waals surface area contributed by atoms with Gasteiger partial charge in [-0.1, -0.05) is 26.0 Å². The SMILES string of the molecule is CCN(CC)S(=O)(=O)c1ccc(-c2ccc([C@@H]3N=C(N)Nc4nc5ccccc5n43)o2)cc1. The van der Waals surface area contributed by atoms with Crippen molar-refractivity contribution in [1.82, 2.24) is 13.9 Å². The van der Waals surface area contributed by atoms with Gasteiger partial charge in [0.15, 0.2) is 12.1 Å². The van der Waals surface area contributed by atoms with Crippen LogP contribution in [0.4, 0.5) is 5.95 Å². The predicted octanol–water partition coefficient (Wildman–Crippen LogP) is 3.61. The number of aromatic nitrogens is 2. The number of furan rings is 1. The molecule has 33 heavy (non-hydrogen) atoms. The molecule has 0 amide bonds. The van der Waals surface area contributed by atoms with Crippen LogP contribution in [0.1, 0.15) is 25.8 Å². The van der Waals surface area contributed by atoms with Crippen LogP contribution in [-0.4, -0.2) is 41.3 Å². The third kappa shape index (κ3) is 3.57. The number of para-hydroxylation sites is 2. The Kier molecular flexibility index (Phi) is 5.18. The first-order valence-corrected chi connectivity index (χ1v) is 12.1. The number of fused-ring (bicyclic) bond motifs is 3. The fourth-order valence-corrected chi connectivity index (χ4v) is 5.52. The van der Waals surface area contributed by atoms with Gasteiger partial charge < -0.3 is 10.2 Å². The quantitative estimate of drug-likeness (QED) is 0.450. The number of nitrogens with two attached hydrogens (primary N) is 1. The first-order chi connectivity index (χ1) is 15.9. The Hall–Kier alpha value is -3.63. The molecule has 2 aromatic heterocycles. The predicted molar refractivity (Wildman–Crippen MR) is 127 cm³/mol. The second kappa shape index (κ2) is 8.05. The molecule has 3 heterocycles. The average Bonchev–Trinajstić information content (AvgIpc) is 3.44. The summed E-state index contributed by atoms with van der Waals surface area (Å²) in [4.78, 5) is 9.39. The summed E-state index contributed by atoms with van der Waals surface area (Å²) >= 11 is 0. The standard InChI is InChI=1S/C23H24N6O3S/c1-3-28(4-2)33(30,31)16-11-9-15(10-12-16)19-13-14-20(32-19)21-26-22(24)27-23-25-17-7-5-6-8-18(17)29(21)23/h5-14,21H,3-4H2,1-2H3,(H3,24,25,26,27)/t21-/m1/s1. The lowest BCUT2D eigenvalue weighted by Crippen LogP contribution is -2.31. The molecule has 4 aromatic rings. The first kappa shape index (κ1) is 21.2. The molecule has 3 N–H and O–H groups in total. The van der Waals surface area contributed by atoms with Crippen molar-refractivity contribution in [3.05, 3.63) is 66.4 Å². The number of aliphatic imine (C=N–C) groups is 1. The number of nitrogens with one attached hydrogen (secondary N) is 1. The maximum Gasteiger partial charge on any atom is 0.243 e. The third-order valence-corrected chi connectivity index (χ3v) is 7.77. The maximum atomic E-state index is 12.7. The van der Waals surface area contributed by atoms with Gasteiger partial charge in [-0.2, -0.15) is 4.31 Å². The zero-order chi connectivity index (χ0) is 23.2. The van der Waals surface area contributed by atoms with Crippen LogP contribution in [0.2, 0.25) is 0 Å². The largest absolute Gasteiger partial charge is 0.457 e. The number of guanidine groups is 1. The van der Waals surface area contributed by atoms with Crippen LogP contribution in [0.15, 0.2) is 75.0 Å². The summed E-state index contributed by atoms with van der Waals surface area (Å²) in [6, 6.07) is 18.2. The van der Waals surface area contributed by atoms with Crippen LogP contribution in [0.25, 0.3) is 22.4 Å². The molecule has 1 aliphatic rings. The van der Waals surface area contributed by atoms with Crippen molar-refractivity contribution in [3.63, 3.8) is 0 Å². The molecule has 0 aliphatic carbocycles. The zero-order valence-corrected chi connectivity index (χ0v) is 19.1. The number of benzene rings is 2. The number of hydrogen-bond donors (Lipinski definition) is 2. The highest BCUT2D eigenvalue weighted by Gasteiger charge is 2.28. The molecule has 0 spiro atoms. The van der Waals surface area contributed by atoms with E-state index in [1.54, 1.807) is 24.3 Å². The van der Waals surface area contributed by atoms with E-state index in [-0.39, 0.29) is 10.9 Å². The second-order valence-corrected chi connectivity index (χ2v) is 9.56. The van der Waals surface area contributed by atoms with E-state index < -0.39 is 16.2 Å². The Bertz CT molecular complexity index is 1450. The van der Waals surface area contributed by atoms with E-state index in [9.17, 15) is 8.42 Å². The Balaban J connectivity index is 1.49. The van der Waals surface area contributed by atoms with E-state index in [0.29, 0.717) is 30.6 Å². The van der Waals surface area contributed by atoms with Gasteiger partial charge >= 0.3 is 0 Å². The summed E-state index contributed by atoms with van der Waals surface area (Å²) < 4.78 is 35.0. The highest BCUT2D eigenvalue weighted by molar-refractivity contribution is 7.89. The van der Waals surface area contributed by atoms with Gasteiger partial charge in [-0.15, -0.1) is 0 Å². The van der Waals surface area contributed by atoms with E-state index in [2.05, 4.69) is 15.3 Å². The summed E-state index contributed by atoms with van der Waals surface area (Å²) in [5, 5.41) is 3.00. The first-order valence-electron chi connectivity index (χ1n) is 10.7. The van der Waals surface area contributed by atoms with Crippen LogP contribution in [0.5, 0.6) is 0 Å². The van der Waals surface area contributed by atoms with Crippen LogP contribution >= 0.6 is 0 Å². The molecule has 1 atom stereocenters. The lowest BCUT2D eigenvalue weighted by molar-refractivity contribution is 0.445. The van der Waals surface area contributed by atoms with Gasteiger partial charge in [0.05, 0.1) is 15.9 Å². The van der Waals surface area contributed by atoms with E-state index in [0.717, 1.165) is 16.6 Å². The summed E-state index contributed by atoms with van der Waals surface area (Å²) in [5.41, 5.74) is 8.50. The topological polar surface area (TPSA) is 119 Å². The minimum absolute atomic E-state index is 0.256. The normalized spacial score (nSPS) is 16.0. The highest BCUT2D eigenvalue weighted by atomic mass is 32.2. The van der Waals surface area contributed by atoms with E-state index in [4.69, 9.17) is 10.2 Å². The summed E-state index contributed by atoms with van der Waals surface area (Å²) in [6.07, 6.45) is -0.510. The van der Waals surface area contributed by atoms with Gasteiger partial charge in [-0.05, 0) is 48.5 Å². The molecular formula is C23H24N6O3S. The van der Waals surface area contributed by atoms with Crippen molar-refractivity contribution in [2.24, 2.45) is 10.7 Å². The number of anilines is 1. The van der Waals surface area contributed by atoms with Crippen molar-refractivity contribution in [2.75, 3.05) is 18.4 Å². The molecule has 1 aliphatic heterocycles. The lowest BCUT2D eigenvalue weighted by atomic mass is 10.2. The number of nitrogens with zero attached hydrogens (tertiary/aromatic N) is 4. The van der Waals surface area contributed by atoms with Crippen molar-refractivity contribution in [1.29, 1.82) is 0 Å². The molecule has 5 rings (SSSR count). The summed E-state index contributed by atoms with van der Waals surface area (Å²) in [7, 11) is -3.51. The number of hydrogen-bond acceptors (Lipinski definition) is 7. The molecule has 9 nitrogen and oxygen atoms in total. The molecule has 10 heteroatoms. The second-order valence-electron chi connectivity index (χ2n) is 7.62. The number of rotatable bonds is 6. The third-order valence-electron chi connectivity index (χ3n) is 5.70. The number of sulfonamides is 1. The van der Waals surface area contributed by atoms with Gasteiger partial charge in [0.2, 0.25) is 16.0 Å². The minimum atomic E-state index is -3.51. The maximum absolute atomic E-state index is 12.7. The van der Waals surface area contributed by atoms with Crippen LogP contribution in [0.3, 0.4) is 0 Å².